The van der Waals surface area contributed by atoms with E-state index >= 15 is 0 Å². The normalized spacial score (nSPS) is 18.5. The quantitative estimate of drug-likeness (QED) is 0.486. The number of nitrogens with one attached hydrogen (secondary N) is 2. The van der Waals surface area contributed by atoms with Crippen LogP contribution in [0.4, 0.5) is 4.39 Å². The molecule has 7 nitrogen and oxygen atoms in total. The minimum Gasteiger partial charge on any atom is -0.493 e. The maximum atomic E-state index is 14.4. The largest absolute Gasteiger partial charge is 0.493 e. The van der Waals surface area contributed by atoms with Crippen molar-refractivity contribution < 1.29 is 23.8 Å². The van der Waals surface area contributed by atoms with Crippen LogP contribution in [0.3, 0.4) is 0 Å². The highest BCUT2D eigenvalue weighted by atomic mass is 19.1. The van der Waals surface area contributed by atoms with Crippen LogP contribution in [0.15, 0.2) is 42.5 Å². The molecule has 2 amide bonds. The number of nitrogens with zero attached hydrogens (tertiary/aromatic N) is 1. The molecule has 0 aliphatic carbocycles. The molecule has 0 spiro atoms. The number of aryl methyl sites for hydroxylation is 1. The summed E-state index contributed by atoms with van der Waals surface area (Å²) in [6.45, 7) is 6.60. The van der Waals surface area contributed by atoms with E-state index < -0.39 is 18.0 Å². The predicted molar refractivity (Wildman–Crippen MR) is 146 cm³/mol. The van der Waals surface area contributed by atoms with Gasteiger partial charge < -0.3 is 25.4 Å². The maximum absolute atomic E-state index is 14.4. The molecule has 0 saturated heterocycles. The Hall–Kier alpha value is -2.97. The van der Waals surface area contributed by atoms with Gasteiger partial charge in [0.15, 0.2) is 0 Å². The van der Waals surface area contributed by atoms with E-state index in [1.807, 2.05) is 19.1 Å². The number of ether oxygens (including phenoxy) is 1. The van der Waals surface area contributed by atoms with Crippen molar-refractivity contribution >= 4 is 11.8 Å². The molecule has 3 N–H and O–H groups in total. The first-order valence-corrected chi connectivity index (χ1v) is 13.8. The lowest BCUT2D eigenvalue weighted by molar-refractivity contribution is -0.134. The van der Waals surface area contributed by atoms with Crippen LogP contribution in [-0.2, 0) is 29.0 Å². The van der Waals surface area contributed by atoms with Crippen molar-refractivity contribution in [3.8, 4) is 5.75 Å². The van der Waals surface area contributed by atoms with Crippen molar-refractivity contribution in [3.63, 3.8) is 0 Å². The first-order valence-electron chi connectivity index (χ1n) is 13.8. The first kappa shape index (κ1) is 29.6. The number of carbonyl (C=O) groups excluding carboxylic acids is 2. The smallest absolute Gasteiger partial charge is 0.223 e. The second-order valence-electron chi connectivity index (χ2n) is 9.98. The minimum atomic E-state index is -0.924. The summed E-state index contributed by atoms with van der Waals surface area (Å²) >= 11 is 0. The van der Waals surface area contributed by atoms with Crippen molar-refractivity contribution in [1.82, 2.24) is 15.5 Å². The Bertz CT molecular complexity index is 1050. The number of rotatable bonds is 8. The third-order valence-corrected chi connectivity index (χ3v) is 6.78. The van der Waals surface area contributed by atoms with Gasteiger partial charge in [-0.2, -0.15) is 0 Å². The number of carbonyl (C=O) groups is 2. The summed E-state index contributed by atoms with van der Waals surface area (Å²) in [6, 6.07) is 12.1. The van der Waals surface area contributed by atoms with Gasteiger partial charge in [0.25, 0.3) is 0 Å². The van der Waals surface area contributed by atoms with E-state index in [-0.39, 0.29) is 37.6 Å². The van der Waals surface area contributed by atoms with E-state index in [0.717, 1.165) is 31.2 Å². The highest BCUT2D eigenvalue weighted by Crippen LogP contribution is 2.19. The first-order chi connectivity index (χ1) is 18.4. The molecule has 1 aliphatic rings. The number of hydrogen-bond acceptors (Lipinski definition) is 5. The molecule has 208 valence electrons. The van der Waals surface area contributed by atoms with Gasteiger partial charge in [-0.3, -0.25) is 9.59 Å². The molecular weight excluding hydrogens is 485 g/mol. The van der Waals surface area contributed by atoms with Gasteiger partial charge >= 0.3 is 0 Å². The fourth-order valence-electron chi connectivity index (χ4n) is 4.71. The van der Waals surface area contributed by atoms with Gasteiger partial charge in [0.05, 0.1) is 18.8 Å². The Morgan fingerprint density at radius 2 is 1.95 bits per heavy atom. The number of amides is 2. The van der Waals surface area contributed by atoms with Crippen LogP contribution >= 0.6 is 0 Å². The molecule has 1 heterocycles. The number of aliphatic hydroxyl groups is 1. The molecule has 3 rings (SSSR count). The van der Waals surface area contributed by atoms with Crippen molar-refractivity contribution in [2.24, 2.45) is 0 Å². The summed E-state index contributed by atoms with van der Waals surface area (Å²) in [5.41, 5.74) is 2.98. The second kappa shape index (κ2) is 15.4. The van der Waals surface area contributed by atoms with Crippen LogP contribution < -0.4 is 15.4 Å². The van der Waals surface area contributed by atoms with Gasteiger partial charge in [0, 0.05) is 45.1 Å². The lowest BCUT2D eigenvalue weighted by Crippen LogP contribution is -2.48. The minimum absolute atomic E-state index is 0.0387. The summed E-state index contributed by atoms with van der Waals surface area (Å²) in [5.74, 6) is -0.362. The lowest BCUT2D eigenvalue weighted by atomic mass is 10.00. The van der Waals surface area contributed by atoms with Gasteiger partial charge in [-0.15, -0.1) is 0 Å². The zero-order valence-electron chi connectivity index (χ0n) is 22.7. The van der Waals surface area contributed by atoms with Crippen LogP contribution in [0, 0.1) is 5.82 Å². The van der Waals surface area contributed by atoms with E-state index in [0.29, 0.717) is 37.6 Å². The van der Waals surface area contributed by atoms with Crippen LogP contribution in [0.2, 0.25) is 0 Å². The molecule has 0 aromatic heterocycles. The Labute approximate surface area is 225 Å². The van der Waals surface area contributed by atoms with E-state index in [9.17, 15) is 19.1 Å². The van der Waals surface area contributed by atoms with Gasteiger partial charge in [-0.25, -0.2) is 4.39 Å². The molecular formula is C30H42FN3O4. The Morgan fingerprint density at radius 1 is 1.13 bits per heavy atom. The van der Waals surface area contributed by atoms with E-state index in [1.54, 1.807) is 11.0 Å². The Morgan fingerprint density at radius 3 is 2.74 bits per heavy atom. The third-order valence-electron chi connectivity index (χ3n) is 6.78. The molecule has 1 aliphatic heterocycles. The van der Waals surface area contributed by atoms with Gasteiger partial charge in [-0.05, 0) is 60.9 Å². The van der Waals surface area contributed by atoms with Gasteiger partial charge in [0.2, 0.25) is 11.8 Å². The number of aliphatic hydroxyl groups excluding tert-OH is 1. The molecule has 2 atom stereocenters. The topological polar surface area (TPSA) is 90.9 Å². The number of hydrogen-bond donors (Lipinski definition) is 3. The maximum Gasteiger partial charge on any atom is 0.223 e. The molecule has 2 aromatic carbocycles. The number of fused-ring (bicyclic) bond motifs is 2. The van der Waals surface area contributed by atoms with E-state index in [4.69, 9.17) is 4.74 Å². The average Bonchev–Trinajstić information content (AvgIpc) is 2.90. The zero-order chi connectivity index (χ0) is 27.3. The highest BCUT2D eigenvalue weighted by molar-refractivity contribution is 5.84. The molecule has 0 fully saturated rings. The van der Waals surface area contributed by atoms with Crippen LogP contribution in [-0.4, -0.2) is 60.2 Å². The SMILES string of the molecule is CCCN1CCCCOc2cc(F)cc(c2)CC(C(O)CNCc2cccc(CC)c2)NC(=O)CCC1=O. The molecule has 2 aromatic rings. The average molecular weight is 528 g/mol. The van der Waals surface area contributed by atoms with Gasteiger partial charge in [-0.1, -0.05) is 38.1 Å². The lowest BCUT2D eigenvalue weighted by Gasteiger charge is -2.26. The monoisotopic (exact) mass is 527 g/mol. The Balaban J connectivity index is 1.72. The zero-order valence-corrected chi connectivity index (χ0v) is 22.7. The molecule has 8 heteroatoms. The fraction of sp³-hybridized carbons (Fsp3) is 0.533. The summed E-state index contributed by atoms with van der Waals surface area (Å²) in [6.07, 6.45) is 2.74. The molecule has 0 saturated carbocycles. The summed E-state index contributed by atoms with van der Waals surface area (Å²) in [4.78, 5) is 27.4. The fourth-order valence-corrected chi connectivity index (χ4v) is 4.71. The van der Waals surface area contributed by atoms with Gasteiger partial charge in [0.1, 0.15) is 11.6 Å². The second-order valence-corrected chi connectivity index (χ2v) is 9.98. The standard InChI is InChI=1S/C30H42FN3O4/c1-3-12-34-13-5-6-14-38-26-17-24(16-25(31)19-26)18-27(33-29(36)10-11-30(34)37)28(35)21-32-20-23-9-7-8-22(4-2)15-23/h7-9,15-17,19,27-28,32,35H,3-6,10-14,18,20-21H2,1-2H3,(H,33,36). The van der Waals surface area contributed by atoms with Crippen LogP contribution in [0.25, 0.3) is 0 Å². The summed E-state index contributed by atoms with van der Waals surface area (Å²) in [5, 5.41) is 17.2. The van der Waals surface area contributed by atoms with E-state index in [1.165, 1.54) is 17.7 Å². The molecule has 2 bridgehead atoms. The summed E-state index contributed by atoms with van der Waals surface area (Å²) in [7, 11) is 0. The van der Waals surface area contributed by atoms with E-state index in [2.05, 4.69) is 29.7 Å². The molecule has 0 radical (unpaired) electrons. The van der Waals surface area contributed by atoms with Crippen LogP contribution in [0.1, 0.15) is 62.6 Å². The van der Waals surface area contributed by atoms with Crippen molar-refractivity contribution in [1.29, 1.82) is 0 Å². The number of halogens is 1. The predicted octanol–water partition coefficient (Wildman–Crippen LogP) is 3.76. The van der Waals surface area contributed by atoms with Crippen molar-refractivity contribution in [2.45, 2.75) is 77.5 Å². The van der Waals surface area contributed by atoms with Crippen molar-refractivity contribution in [2.75, 3.05) is 26.2 Å². The number of benzene rings is 2. The third kappa shape index (κ3) is 9.72. The summed E-state index contributed by atoms with van der Waals surface area (Å²) < 4.78 is 20.2. The molecule has 2 unspecified atom stereocenters. The van der Waals surface area contributed by atoms with Crippen molar-refractivity contribution in [3.05, 3.63) is 65.0 Å². The Kier molecular flexibility index (Phi) is 12.0. The highest BCUT2D eigenvalue weighted by Gasteiger charge is 2.23. The molecule has 38 heavy (non-hydrogen) atoms. The van der Waals surface area contributed by atoms with Crippen LogP contribution in [0.5, 0.6) is 5.75 Å².